The van der Waals surface area contributed by atoms with Crippen LogP contribution in [0, 0.1) is 10.1 Å². The average Bonchev–Trinajstić information content (AvgIpc) is 2.95. The number of benzene rings is 4. The highest BCUT2D eigenvalue weighted by atomic mass is 35.5. The van der Waals surface area contributed by atoms with Crippen molar-refractivity contribution in [3.8, 4) is 5.75 Å². The van der Waals surface area contributed by atoms with Gasteiger partial charge < -0.3 is 10.1 Å². The molecule has 12 heteroatoms. The SMILES string of the molecule is O=C1Nc2ccc(S(=O)(=O)Cc3c(Cl)cccc3Cl)cc2S/C1=C/c1ccc(OCc2ccccc2)c([N+](=O)[O-])c1. The first-order chi connectivity index (χ1) is 19.6. The maximum Gasteiger partial charge on any atom is 0.311 e. The summed E-state index contributed by atoms with van der Waals surface area (Å²) >= 11 is 13.4. The van der Waals surface area contributed by atoms with Gasteiger partial charge in [0.15, 0.2) is 15.6 Å². The molecule has 1 amide bonds. The lowest BCUT2D eigenvalue weighted by Crippen LogP contribution is -2.17. The molecule has 0 saturated carbocycles. The van der Waals surface area contributed by atoms with E-state index in [1.165, 1.54) is 36.4 Å². The molecule has 4 aromatic carbocycles. The van der Waals surface area contributed by atoms with Gasteiger partial charge in [-0.05, 0) is 53.6 Å². The summed E-state index contributed by atoms with van der Waals surface area (Å²) in [7, 11) is -3.83. The van der Waals surface area contributed by atoms with Crippen LogP contribution in [0.25, 0.3) is 6.08 Å². The average molecular weight is 628 g/mol. The van der Waals surface area contributed by atoms with Crippen molar-refractivity contribution < 1.29 is 22.9 Å². The number of sulfone groups is 1. The van der Waals surface area contributed by atoms with Gasteiger partial charge in [0, 0.05) is 26.6 Å². The summed E-state index contributed by atoms with van der Waals surface area (Å²) in [6, 6.07) is 22.8. The van der Waals surface area contributed by atoms with Crippen LogP contribution in [-0.4, -0.2) is 19.2 Å². The molecule has 0 radical (unpaired) electrons. The predicted molar refractivity (Wildman–Crippen MR) is 160 cm³/mol. The molecule has 4 aromatic rings. The van der Waals surface area contributed by atoms with Gasteiger partial charge in [-0.3, -0.25) is 14.9 Å². The van der Waals surface area contributed by atoms with Crippen molar-refractivity contribution in [2.24, 2.45) is 0 Å². The Kier molecular flexibility index (Phi) is 8.37. The number of carbonyl (C=O) groups excluding carboxylic acids is 1. The molecular formula is C29H20Cl2N2O6S2. The quantitative estimate of drug-likeness (QED) is 0.122. The van der Waals surface area contributed by atoms with Crippen LogP contribution in [0.15, 0.2) is 99.6 Å². The van der Waals surface area contributed by atoms with Gasteiger partial charge in [-0.25, -0.2) is 8.42 Å². The topological polar surface area (TPSA) is 116 Å². The van der Waals surface area contributed by atoms with Crippen LogP contribution >= 0.6 is 35.0 Å². The number of halogens is 2. The largest absolute Gasteiger partial charge is 0.482 e. The summed E-state index contributed by atoms with van der Waals surface area (Å²) in [5, 5.41) is 15.0. The molecule has 208 valence electrons. The molecular weight excluding hydrogens is 607 g/mol. The maximum atomic E-state index is 13.2. The minimum atomic E-state index is -3.83. The van der Waals surface area contributed by atoms with Gasteiger partial charge in [0.1, 0.15) is 6.61 Å². The molecule has 1 aliphatic rings. The number of rotatable bonds is 8. The molecule has 0 unspecified atom stereocenters. The number of nitro benzene ring substituents is 1. The summed E-state index contributed by atoms with van der Waals surface area (Å²) < 4.78 is 32.1. The maximum absolute atomic E-state index is 13.2. The molecule has 0 aliphatic carbocycles. The van der Waals surface area contributed by atoms with E-state index in [9.17, 15) is 23.3 Å². The first kappa shape index (κ1) is 28.7. The third-order valence-corrected chi connectivity index (χ3v) is 9.54. The number of ether oxygens (including phenoxy) is 1. The number of hydrogen-bond donors (Lipinski definition) is 1. The van der Waals surface area contributed by atoms with Crippen molar-refractivity contribution >= 4 is 68.2 Å². The lowest BCUT2D eigenvalue weighted by atomic mass is 10.1. The molecule has 0 saturated heterocycles. The summed E-state index contributed by atoms with van der Waals surface area (Å²) in [5.41, 5.74) is 1.76. The molecule has 0 fully saturated rings. The number of anilines is 1. The van der Waals surface area contributed by atoms with Crippen molar-refractivity contribution in [3.05, 3.63) is 127 Å². The lowest BCUT2D eigenvalue weighted by molar-refractivity contribution is -0.386. The highest BCUT2D eigenvalue weighted by Crippen LogP contribution is 2.41. The van der Waals surface area contributed by atoms with E-state index in [1.54, 1.807) is 24.3 Å². The molecule has 0 aromatic heterocycles. The Bertz CT molecular complexity index is 1790. The molecule has 0 atom stereocenters. The van der Waals surface area contributed by atoms with Gasteiger partial charge in [-0.15, -0.1) is 0 Å². The third kappa shape index (κ3) is 6.57. The molecule has 5 rings (SSSR count). The predicted octanol–water partition coefficient (Wildman–Crippen LogP) is 7.54. The van der Waals surface area contributed by atoms with Crippen LogP contribution in [0.3, 0.4) is 0 Å². The molecule has 0 bridgehead atoms. The molecule has 1 aliphatic heterocycles. The van der Waals surface area contributed by atoms with E-state index in [1.807, 2.05) is 30.3 Å². The van der Waals surface area contributed by atoms with Crippen molar-refractivity contribution in [1.82, 2.24) is 0 Å². The number of nitrogens with zero attached hydrogens (tertiary/aromatic N) is 1. The molecule has 0 spiro atoms. The number of thioether (sulfide) groups is 1. The second-order valence-corrected chi connectivity index (χ2v) is 12.8. The third-order valence-electron chi connectivity index (χ3n) is 6.11. The van der Waals surface area contributed by atoms with Gasteiger partial charge in [0.2, 0.25) is 0 Å². The molecule has 41 heavy (non-hydrogen) atoms. The van der Waals surface area contributed by atoms with Crippen LogP contribution < -0.4 is 10.1 Å². The minimum absolute atomic E-state index is 0.0331. The lowest BCUT2D eigenvalue weighted by Gasteiger charge is -2.19. The minimum Gasteiger partial charge on any atom is -0.482 e. The molecule has 1 N–H and O–H groups in total. The summed E-state index contributed by atoms with van der Waals surface area (Å²) in [6.07, 6.45) is 1.50. The number of amides is 1. The van der Waals surface area contributed by atoms with Crippen LogP contribution in [-0.2, 0) is 27.0 Å². The first-order valence-corrected chi connectivity index (χ1v) is 15.3. The monoisotopic (exact) mass is 626 g/mol. The van der Waals surface area contributed by atoms with E-state index in [2.05, 4.69) is 5.32 Å². The summed E-state index contributed by atoms with van der Waals surface area (Å²) in [4.78, 5) is 24.8. The number of nitro groups is 1. The van der Waals surface area contributed by atoms with E-state index >= 15 is 0 Å². The Morgan fingerprint density at radius 3 is 2.39 bits per heavy atom. The van der Waals surface area contributed by atoms with Gasteiger partial charge in [0.25, 0.3) is 5.91 Å². The Balaban J connectivity index is 1.40. The van der Waals surface area contributed by atoms with Crippen LogP contribution in [0.2, 0.25) is 10.0 Å². The van der Waals surface area contributed by atoms with E-state index in [4.69, 9.17) is 27.9 Å². The highest BCUT2D eigenvalue weighted by Gasteiger charge is 2.26. The summed E-state index contributed by atoms with van der Waals surface area (Å²) in [5.74, 6) is -0.722. The Morgan fingerprint density at radius 1 is 0.951 bits per heavy atom. The van der Waals surface area contributed by atoms with E-state index in [0.717, 1.165) is 17.3 Å². The normalized spacial score (nSPS) is 13.9. The highest BCUT2D eigenvalue weighted by molar-refractivity contribution is 8.04. The van der Waals surface area contributed by atoms with Gasteiger partial charge in [-0.2, -0.15) is 0 Å². The van der Waals surface area contributed by atoms with Gasteiger partial charge >= 0.3 is 5.69 Å². The Labute approximate surface area is 250 Å². The second kappa shape index (κ2) is 12.0. The zero-order chi connectivity index (χ0) is 29.1. The van der Waals surface area contributed by atoms with Crippen molar-refractivity contribution in [1.29, 1.82) is 0 Å². The van der Waals surface area contributed by atoms with E-state index in [0.29, 0.717) is 21.7 Å². The zero-order valence-electron chi connectivity index (χ0n) is 21.0. The van der Waals surface area contributed by atoms with Crippen LogP contribution in [0.5, 0.6) is 5.75 Å². The van der Waals surface area contributed by atoms with Crippen molar-refractivity contribution in [3.63, 3.8) is 0 Å². The molecule has 1 heterocycles. The Hall–Kier alpha value is -3.83. The van der Waals surface area contributed by atoms with Crippen molar-refractivity contribution in [2.45, 2.75) is 22.2 Å². The fourth-order valence-corrected chi connectivity index (χ4v) is 7.23. The van der Waals surface area contributed by atoms with Crippen molar-refractivity contribution in [2.75, 3.05) is 5.32 Å². The second-order valence-electron chi connectivity index (χ2n) is 8.94. The van der Waals surface area contributed by atoms with E-state index in [-0.39, 0.29) is 37.9 Å². The number of hydrogen-bond acceptors (Lipinski definition) is 7. The van der Waals surface area contributed by atoms with Gasteiger partial charge in [-0.1, -0.05) is 77.4 Å². The zero-order valence-corrected chi connectivity index (χ0v) is 24.2. The fourth-order valence-electron chi connectivity index (χ4n) is 4.05. The van der Waals surface area contributed by atoms with Crippen LogP contribution in [0.4, 0.5) is 11.4 Å². The fraction of sp³-hybridized carbons (Fsp3) is 0.0690. The van der Waals surface area contributed by atoms with E-state index < -0.39 is 26.4 Å². The summed E-state index contributed by atoms with van der Waals surface area (Å²) in [6.45, 7) is 0.158. The smallest absolute Gasteiger partial charge is 0.311 e. The van der Waals surface area contributed by atoms with Crippen LogP contribution in [0.1, 0.15) is 16.7 Å². The first-order valence-electron chi connectivity index (χ1n) is 12.1. The number of fused-ring (bicyclic) bond motifs is 1. The standard InChI is InChI=1S/C29H20Cl2N2O6S2/c30-22-7-4-8-23(31)21(22)17-41(37,38)20-10-11-24-27(15-20)40-28(29(34)32-24)14-19-9-12-26(25(13-19)33(35)36)39-16-18-5-2-1-3-6-18/h1-15H,16-17H2,(H,32,34)/b28-14+. The van der Waals surface area contributed by atoms with Gasteiger partial charge in [0.05, 0.1) is 26.2 Å². The number of nitrogens with one attached hydrogen (secondary N) is 1. The molecule has 8 nitrogen and oxygen atoms in total. The number of carbonyl (C=O) groups is 1. The Morgan fingerprint density at radius 2 is 1.68 bits per heavy atom.